The first-order valence-electron chi connectivity index (χ1n) is 9.50. The van der Waals surface area contributed by atoms with Gasteiger partial charge in [0, 0.05) is 22.5 Å². The van der Waals surface area contributed by atoms with Gasteiger partial charge < -0.3 is 11.5 Å². The zero-order chi connectivity index (χ0) is 19.8. The first-order valence-corrected chi connectivity index (χ1v) is 9.50. The van der Waals surface area contributed by atoms with Gasteiger partial charge in [-0.05, 0) is 59.7 Å². The number of hydrogen-bond acceptors (Lipinski definition) is 4. The average Bonchev–Trinajstić information content (AvgIpc) is 3.05. The lowest BCUT2D eigenvalue weighted by Gasteiger charge is -2.21. The van der Waals surface area contributed by atoms with Crippen LogP contribution in [0.2, 0.25) is 0 Å². The van der Waals surface area contributed by atoms with Gasteiger partial charge >= 0.3 is 0 Å². The van der Waals surface area contributed by atoms with Gasteiger partial charge in [-0.25, -0.2) is 5.01 Å². The number of fused-ring (bicyclic) bond motifs is 3. The summed E-state index contributed by atoms with van der Waals surface area (Å²) in [6, 6.07) is 32.2. The zero-order valence-corrected chi connectivity index (χ0v) is 18.2. The smallest absolute Gasteiger partial charge is 0.0998 e. The molecule has 31 heavy (non-hydrogen) atoms. The highest BCUT2D eigenvalue weighted by Gasteiger charge is 2.26. The van der Waals surface area contributed by atoms with Gasteiger partial charge in [0.1, 0.15) is 0 Å². The first kappa shape index (κ1) is 22.2. The minimum atomic E-state index is 0. The van der Waals surface area contributed by atoms with Crippen LogP contribution in [-0.4, -0.2) is 5.71 Å². The molecule has 4 nitrogen and oxygen atoms in total. The van der Waals surface area contributed by atoms with Crippen LogP contribution in [0, 0.1) is 0 Å². The summed E-state index contributed by atoms with van der Waals surface area (Å²) in [6.45, 7) is 0. The number of nitrogens with zero attached hydrogens (tertiary/aromatic N) is 2. The Kier molecular flexibility index (Phi) is 6.54. The van der Waals surface area contributed by atoms with Gasteiger partial charge in [-0.3, -0.25) is 0 Å². The molecule has 0 atom stereocenters. The van der Waals surface area contributed by atoms with Crippen molar-refractivity contribution in [1.29, 1.82) is 0 Å². The highest BCUT2D eigenvalue weighted by atomic mass is 35.5. The van der Waals surface area contributed by atoms with E-state index in [0.29, 0.717) is 11.4 Å². The number of hydrazone groups is 1. The summed E-state index contributed by atoms with van der Waals surface area (Å²) in [5.41, 5.74) is 20.8. The van der Waals surface area contributed by atoms with Crippen molar-refractivity contribution in [2.75, 3.05) is 16.5 Å². The Labute approximate surface area is 194 Å². The molecule has 0 amide bonds. The van der Waals surface area contributed by atoms with E-state index in [-0.39, 0.29) is 24.8 Å². The van der Waals surface area contributed by atoms with Crippen molar-refractivity contribution in [1.82, 2.24) is 0 Å². The molecule has 1 aliphatic rings. The Morgan fingerprint density at radius 1 is 0.516 bits per heavy atom. The molecule has 0 aliphatic heterocycles. The second-order valence-corrected chi connectivity index (χ2v) is 7.04. The van der Waals surface area contributed by atoms with E-state index < -0.39 is 0 Å². The van der Waals surface area contributed by atoms with E-state index in [1.807, 2.05) is 89.9 Å². The molecule has 1 aliphatic carbocycles. The summed E-state index contributed by atoms with van der Waals surface area (Å²) in [6.07, 6.45) is 0. The Hall–Kier alpha value is -3.47. The fourth-order valence-corrected chi connectivity index (χ4v) is 3.74. The summed E-state index contributed by atoms with van der Waals surface area (Å²) >= 11 is 0. The molecule has 0 saturated heterocycles. The minimum Gasteiger partial charge on any atom is -0.399 e. The lowest BCUT2D eigenvalue weighted by molar-refractivity contribution is 1.08. The van der Waals surface area contributed by atoms with Crippen molar-refractivity contribution >= 4 is 53.3 Å². The van der Waals surface area contributed by atoms with E-state index in [9.17, 15) is 0 Å². The van der Waals surface area contributed by atoms with Crippen LogP contribution in [0.4, 0.5) is 22.7 Å². The normalized spacial score (nSPS) is 10.9. The van der Waals surface area contributed by atoms with Crippen molar-refractivity contribution < 1.29 is 0 Å². The average molecular weight is 449 g/mol. The van der Waals surface area contributed by atoms with E-state index in [0.717, 1.165) is 39.3 Å². The third-order valence-electron chi connectivity index (χ3n) is 5.09. The van der Waals surface area contributed by atoms with Gasteiger partial charge in [0.05, 0.1) is 17.1 Å². The van der Waals surface area contributed by atoms with Crippen LogP contribution >= 0.6 is 24.8 Å². The van der Waals surface area contributed by atoms with E-state index in [2.05, 4.69) is 12.1 Å². The Morgan fingerprint density at radius 2 is 0.935 bits per heavy atom. The van der Waals surface area contributed by atoms with Crippen LogP contribution in [-0.2, 0) is 0 Å². The largest absolute Gasteiger partial charge is 0.399 e. The van der Waals surface area contributed by atoms with Gasteiger partial charge in [-0.1, -0.05) is 48.5 Å². The molecule has 156 valence electrons. The van der Waals surface area contributed by atoms with Gasteiger partial charge in [0.15, 0.2) is 0 Å². The third kappa shape index (κ3) is 4.08. The number of benzene rings is 4. The van der Waals surface area contributed by atoms with Crippen LogP contribution in [0.5, 0.6) is 0 Å². The molecular formula is C25H22Cl2N4. The highest BCUT2D eigenvalue weighted by Crippen LogP contribution is 2.40. The maximum absolute atomic E-state index is 6.12. The Morgan fingerprint density at radius 3 is 1.35 bits per heavy atom. The molecule has 4 aromatic carbocycles. The van der Waals surface area contributed by atoms with Gasteiger partial charge in [0.2, 0.25) is 0 Å². The van der Waals surface area contributed by atoms with Crippen LogP contribution in [0.25, 0.3) is 11.1 Å². The molecular weight excluding hydrogens is 427 g/mol. The van der Waals surface area contributed by atoms with E-state index in [1.165, 1.54) is 0 Å². The zero-order valence-electron chi connectivity index (χ0n) is 16.6. The van der Waals surface area contributed by atoms with Gasteiger partial charge in [-0.15, -0.1) is 24.8 Å². The number of anilines is 4. The van der Waals surface area contributed by atoms with Crippen LogP contribution < -0.4 is 16.5 Å². The molecule has 4 N–H and O–H groups in total. The molecule has 6 heteroatoms. The molecule has 0 fully saturated rings. The lowest BCUT2D eigenvalue weighted by atomic mass is 10.1. The fraction of sp³-hybridized carbons (Fsp3) is 0. The number of hydrogen-bond donors (Lipinski definition) is 2. The summed E-state index contributed by atoms with van der Waals surface area (Å²) in [5, 5.41) is 7.08. The third-order valence-corrected chi connectivity index (χ3v) is 5.09. The molecule has 0 radical (unpaired) electrons. The van der Waals surface area contributed by atoms with Crippen molar-refractivity contribution in [2.24, 2.45) is 5.10 Å². The topological polar surface area (TPSA) is 67.6 Å². The highest BCUT2D eigenvalue weighted by molar-refractivity contribution is 6.25. The minimum absolute atomic E-state index is 0. The van der Waals surface area contributed by atoms with Crippen LogP contribution in [0.1, 0.15) is 11.1 Å². The fourth-order valence-electron chi connectivity index (χ4n) is 3.74. The van der Waals surface area contributed by atoms with E-state index in [4.69, 9.17) is 16.6 Å². The molecule has 0 aromatic heterocycles. The predicted molar refractivity (Wildman–Crippen MR) is 136 cm³/mol. The van der Waals surface area contributed by atoms with Crippen LogP contribution in [0.3, 0.4) is 0 Å². The van der Waals surface area contributed by atoms with E-state index in [1.54, 1.807) is 0 Å². The SMILES string of the molecule is Cl.Cl.Nc1ccc2c(c1)C(=NN(c1ccccc1)c1ccccc1)c1cc(N)ccc1-2. The summed E-state index contributed by atoms with van der Waals surface area (Å²) in [7, 11) is 0. The number of nitrogen functional groups attached to an aromatic ring is 2. The number of rotatable bonds is 3. The van der Waals surface area contributed by atoms with E-state index >= 15 is 0 Å². The maximum Gasteiger partial charge on any atom is 0.0998 e. The number of para-hydroxylation sites is 2. The Bertz CT molecular complexity index is 1130. The predicted octanol–water partition coefficient (Wildman–Crippen LogP) is 6.27. The molecule has 5 rings (SSSR count). The van der Waals surface area contributed by atoms with Crippen LogP contribution in [0.15, 0.2) is 102 Å². The van der Waals surface area contributed by atoms with Crippen molar-refractivity contribution in [3.8, 4) is 11.1 Å². The second kappa shape index (κ2) is 9.13. The first-order chi connectivity index (χ1) is 14.2. The lowest BCUT2D eigenvalue weighted by Crippen LogP contribution is -2.14. The number of halogens is 2. The molecule has 0 spiro atoms. The van der Waals surface area contributed by atoms with Gasteiger partial charge in [-0.2, -0.15) is 5.10 Å². The molecule has 0 heterocycles. The van der Waals surface area contributed by atoms with Crippen molar-refractivity contribution in [2.45, 2.75) is 0 Å². The molecule has 0 bridgehead atoms. The molecule has 4 aromatic rings. The quantitative estimate of drug-likeness (QED) is 0.252. The van der Waals surface area contributed by atoms with Crippen molar-refractivity contribution in [3.63, 3.8) is 0 Å². The monoisotopic (exact) mass is 448 g/mol. The summed E-state index contributed by atoms with van der Waals surface area (Å²) < 4.78 is 0. The maximum atomic E-state index is 6.12. The summed E-state index contributed by atoms with van der Waals surface area (Å²) in [5.74, 6) is 0. The van der Waals surface area contributed by atoms with Gasteiger partial charge in [0.25, 0.3) is 0 Å². The standard InChI is InChI=1S/C25H20N4.2ClH/c26-17-11-13-21-22-14-12-18(27)16-24(22)25(23(21)15-17)28-29(19-7-3-1-4-8-19)20-9-5-2-6-10-20;;/h1-16H,26-27H2;2*1H. The second-order valence-electron chi connectivity index (χ2n) is 7.04. The van der Waals surface area contributed by atoms with Crippen molar-refractivity contribution in [3.05, 3.63) is 108 Å². The number of nitrogens with two attached hydrogens (primary N) is 2. The molecule has 0 saturated carbocycles. The Balaban J connectivity index is 0.00000136. The molecule has 0 unspecified atom stereocenters. The summed E-state index contributed by atoms with van der Waals surface area (Å²) in [4.78, 5) is 0.